The standard InChI is InChI=1S/C76H134O6/c1-4-7-10-13-16-19-22-24-26-28-30-32-34-36-37-38-39-41-42-44-46-48-50-52-54-57-60-63-66-69-75(78)81-72-73(71-80-74(77)68-65-62-59-56-21-18-15-12-9-6-3)82-76(79)70-67-64-61-58-55-53-51-49-47-45-43-40-35-33-31-29-27-25-23-20-17-14-11-8-5-2/h12,15,22-25,28-31,34-36,40,73H,4-11,13-14,16-21,26-27,32-33,37-39,41-72H2,1-3H3/b15-12-,24-22-,25-23-,30-28-,31-29-,36-34-,40-35-. The first kappa shape index (κ1) is 78.6. The second-order valence-corrected chi connectivity index (χ2v) is 23.8. The van der Waals surface area contributed by atoms with Crippen molar-refractivity contribution in [2.24, 2.45) is 0 Å². The average Bonchev–Trinajstić information content (AvgIpc) is 3.48. The lowest BCUT2D eigenvalue weighted by Crippen LogP contribution is -2.30. The molecule has 474 valence electrons. The van der Waals surface area contributed by atoms with E-state index in [1.807, 2.05) is 0 Å². The Balaban J connectivity index is 4.19. The summed E-state index contributed by atoms with van der Waals surface area (Å²) in [6.45, 7) is 6.58. The van der Waals surface area contributed by atoms with Crippen molar-refractivity contribution in [3.8, 4) is 0 Å². The van der Waals surface area contributed by atoms with E-state index >= 15 is 0 Å². The van der Waals surface area contributed by atoms with Gasteiger partial charge < -0.3 is 14.2 Å². The Bertz CT molecular complexity index is 1550. The molecule has 1 unspecified atom stereocenters. The molecule has 0 rings (SSSR count). The minimum absolute atomic E-state index is 0.0790. The molecule has 0 fully saturated rings. The van der Waals surface area contributed by atoms with Gasteiger partial charge >= 0.3 is 17.9 Å². The first-order valence-corrected chi connectivity index (χ1v) is 35.6. The van der Waals surface area contributed by atoms with Crippen molar-refractivity contribution >= 4 is 17.9 Å². The van der Waals surface area contributed by atoms with Crippen LogP contribution in [0.15, 0.2) is 85.1 Å². The van der Waals surface area contributed by atoms with Gasteiger partial charge in [0.1, 0.15) is 13.2 Å². The van der Waals surface area contributed by atoms with E-state index in [-0.39, 0.29) is 31.1 Å². The molecule has 0 spiro atoms. The molecular formula is C76H134O6. The summed E-state index contributed by atoms with van der Waals surface area (Å²) < 4.78 is 16.9. The van der Waals surface area contributed by atoms with Gasteiger partial charge in [0.15, 0.2) is 6.10 Å². The van der Waals surface area contributed by atoms with Gasteiger partial charge in [-0.05, 0) is 116 Å². The highest BCUT2D eigenvalue weighted by molar-refractivity contribution is 5.71. The van der Waals surface area contributed by atoms with Gasteiger partial charge in [0.05, 0.1) is 0 Å². The Hall–Kier alpha value is -3.41. The van der Waals surface area contributed by atoms with Crippen LogP contribution in [0.1, 0.15) is 361 Å². The number of rotatable bonds is 65. The number of hydrogen-bond donors (Lipinski definition) is 0. The molecule has 0 saturated carbocycles. The fourth-order valence-electron chi connectivity index (χ4n) is 10.2. The molecule has 6 heteroatoms. The summed E-state index contributed by atoms with van der Waals surface area (Å²) in [5.41, 5.74) is 0. The van der Waals surface area contributed by atoms with Gasteiger partial charge in [-0.3, -0.25) is 14.4 Å². The first-order valence-electron chi connectivity index (χ1n) is 35.6. The van der Waals surface area contributed by atoms with E-state index < -0.39 is 6.10 Å². The Morgan fingerprint density at radius 3 is 0.744 bits per heavy atom. The number of carbonyl (C=O) groups is 3. The lowest BCUT2D eigenvalue weighted by atomic mass is 10.0. The summed E-state index contributed by atoms with van der Waals surface area (Å²) >= 11 is 0. The zero-order chi connectivity index (χ0) is 59.2. The molecule has 0 aromatic heterocycles. The van der Waals surface area contributed by atoms with Crippen molar-refractivity contribution in [1.29, 1.82) is 0 Å². The van der Waals surface area contributed by atoms with Gasteiger partial charge in [0.25, 0.3) is 0 Å². The van der Waals surface area contributed by atoms with Crippen LogP contribution in [0.2, 0.25) is 0 Å². The van der Waals surface area contributed by atoms with Crippen molar-refractivity contribution in [1.82, 2.24) is 0 Å². The van der Waals surface area contributed by atoms with Crippen LogP contribution in [0.25, 0.3) is 0 Å². The van der Waals surface area contributed by atoms with Crippen LogP contribution in [0, 0.1) is 0 Å². The molecule has 0 amide bonds. The molecule has 0 heterocycles. The van der Waals surface area contributed by atoms with Crippen LogP contribution in [-0.4, -0.2) is 37.2 Å². The maximum absolute atomic E-state index is 12.9. The molecule has 0 radical (unpaired) electrons. The lowest BCUT2D eigenvalue weighted by Gasteiger charge is -2.18. The second-order valence-electron chi connectivity index (χ2n) is 23.8. The van der Waals surface area contributed by atoms with Crippen molar-refractivity contribution < 1.29 is 28.6 Å². The van der Waals surface area contributed by atoms with Gasteiger partial charge in [-0.15, -0.1) is 0 Å². The van der Waals surface area contributed by atoms with E-state index in [1.165, 1.54) is 225 Å². The summed E-state index contributed by atoms with van der Waals surface area (Å²) in [6, 6.07) is 0. The summed E-state index contributed by atoms with van der Waals surface area (Å²) in [5, 5.41) is 0. The minimum atomic E-state index is -0.783. The Kier molecular flexibility index (Phi) is 67.2. The van der Waals surface area contributed by atoms with Gasteiger partial charge in [-0.1, -0.05) is 311 Å². The zero-order valence-electron chi connectivity index (χ0n) is 54.5. The lowest BCUT2D eigenvalue weighted by molar-refractivity contribution is -0.167. The Morgan fingerprint density at radius 1 is 0.244 bits per heavy atom. The normalized spacial score (nSPS) is 12.6. The highest BCUT2D eigenvalue weighted by Gasteiger charge is 2.19. The highest BCUT2D eigenvalue weighted by atomic mass is 16.6. The van der Waals surface area contributed by atoms with E-state index in [0.717, 1.165) is 96.3 Å². The van der Waals surface area contributed by atoms with Crippen LogP contribution in [0.3, 0.4) is 0 Å². The molecule has 0 aromatic rings. The molecule has 82 heavy (non-hydrogen) atoms. The van der Waals surface area contributed by atoms with Crippen LogP contribution < -0.4 is 0 Å². The average molecular weight is 1140 g/mol. The quantitative estimate of drug-likeness (QED) is 0.0261. The molecule has 0 aliphatic heterocycles. The molecular weight excluding hydrogens is 1010 g/mol. The predicted molar refractivity (Wildman–Crippen MR) is 358 cm³/mol. The largest absolute Gasteiger partial charge is 0.462 e. The summed E-state index contributed by atoms with van der Waals surface area (Å²) in [4.78, 5) is 38.3. The van der Waals surface area contributed by atoms with Crippen LogP contribution in [0.5, 0.6) is 0 Å². The zero-order valence-corrected chi connectivity index (χ0v) is 54.5. The first-order chi connectivity index (χ1) is 40.5. The van der Waals surface area contributed by atoms with E-state index in [2.05, 4.69) is 106 Å². The predicted octanol–water partition coefficient (Wildman–Crippen LogP) is 24.6. The number of hydrogen-bond acceptors (Lipinski definition) is 6. The van der Waals surface area contributed by atoms with E-state index in [9.17, 15) is 14.4 Å². The Morgan fingerprint density at radius 2 is 0.463 bits per heavy atom. The molecule has 0 aliphatic carbocycles. The van der Waals surface area contributed by atoms with Crippen molar-refractivity contribution in [3.05, 3.63) is 85.1 Å². The fraction of sp³-hybridized carbons (Fsp3) is 0.776. The van der Waals surface area contributed by atoms with Crippen molar-refractivity contribution in [3.63, 3.8) is 0 Å². The van der Waals surface area contributed by atoms with Crippen LogP contribution in [-0.2, 0) is 28.6 Å². The number of allylic oxidation sites excluding steroid dienone is 14. The molecule has 0 bridgehead atoms. The smallest absolute Gasteiger partial charge is 0.306 e. The van der Waals surface area contributed by atoms with Crippen molar-refractivity contribution in [2.75, 3.05) is 13.2 Å². The van der Waals surface area contributed by atoms with Gasteiger partial charge in [-0.25, -0.2) is 0 Å². The van der Waals surface area contributed by atoms with E-state index in [1.54, 1.807) is 0 Å². The van der Waals surface area contributed by atoms with Gasteiger partial charge in [-0.2, -0.15) is 0 Å². The van der Waals surface area contributed by atoms with Gasteiger partial charge in [0.2, 0.25) is 0 Å². The molecule has 0 aromatic carbocycles. The van der Waals surface area contributed by atoms with E-state index in [0.29, 0.717) is 19.3 Å². The van der Waals surface area contributed by atoms with E-state index in [4.69, 9.17) is 14.2 Å². The third-order valence-corrected chi connectivity index (χ3v) is 15.6. The molecule has 0 N–H and O–H groups in total. The monoisotopic (exact) mass is 1140 g/mol. The van der Waals surface area contributed by atoms with Crippen molar-refractivity contribution in [2.45, 2.75) is 367 Å². The third kappa shape index (κ3) is 67.4. The van der Waals surface area contributed by atoms with Crippen LogP contribution >= 0.6 is 0 Å². The number of esters is 3. The molecule has 0 aliphatic rings. The second kappa shape index (κ2) is 70.1. The maximum atomic E-state index is 12.9. The number of ether oxygens (including phenoxy) is 3. The summed E-state index contributed by atoms with van der Waals surface area (Å²) in [6.07, 6.45) is 93.4. The molecule has 0 saturated heterocycles. The molecule has 1 atom stereocenters. The maximum Gasteiger partial charge on any atom is 0.306 e. The van der Waals surface area contributed by atoms with Gasteiger partial charge in [0, 0.05) is 19.3 Å². The summed E-state index contributed by atoms with van der Waals surface area (Å²) in [5.74, 6) is -0.879. The minimum Gasteiger partial charge on any atom is -0.462 e. The fourth-order valence-corrected chi connectivity index (χ4v) is 10.2. The SMILES string of the molecule is CCC/C=C\CCCCCCCC(=O)OCC(COC(=O)CCCCCCCCCCCCCCCC/C=C\C/C=C\C/C=C\CCCCCCC)OC(=O)CCCCCCCCCCCC/C=C\C/C=C\C/C=C\CCCCCCC. The summed E-state index contributed by atoms with van der Waals surface area (Å²) in [7, 11) is 0. The highest BCUT2D eigenvalue weighted by Crippen LogP contribution is 2.17. The topological polar surface area (TPSA) is 78.9 Å². The van der Waals surface area contributed by atoms with Crippen LogP contribution in [0.4, 0.5) is 0 Å². The third-order valence-electron chi connectivity index (χ3n) is 15.6. The number of unbranched alkanes of at least 4 members (excludes halogenated alkanes) is 40. The molecule has 6 nitrogen and oxygen atoms in total. The Labute approximate surface area is 509 Å². The number of carbonyl (C=O) groups excluding carboxylic acids is 3.